The van der Waals surface area contributed by atoms with E-state index in [0.29, 0.717) is 6.04 Å². The smallest absolute Gasteiger partial charge is 0.141 e. The quantitative estimate of drug-likeness (QED) is 0.785. The standard InChI is InChI=1S/C15H23ClFNO/c1-4-18-13(7-5-11(2)19-3)9-12-6-8-15(17)14(16)10-12/h6,8,10-11,13,18H,4-5,7,9H2,1-3H3. The molecule has 0 aromatic heterocycles. The highest BCUT2D eigenvalue weighted by Crippen LogP contribution is 2.18. The van der Waals surface area contributed by atoms with Crippen LogP contribution in [0.2, 0.25) is 5.02 Å². The Morgan fingerprint density at radius 1 is 1.37 bits per heavy atom. The lowest BCUT2D eigenvalue weighted by Crippen LogP contribution is -2.32. The van der Waals surface area contributed by atoms with E-state index in [9.17, 15) is 4.39 Å². The lowest BCUT2D eigenvalue weighted by Gasteiger charge is -2.20. The number of benzene rings is 1. The molecular weight excluding hydrogens is 265 g/mol. The molecule has 1 aromatic carbocycles. The maximum atomic E-state index is 13.1. The fourth-order valence-electron chi connectivity index (χ4n) is 2.07. The Morgan fingerprint density at radius 3 is 2.68 bits per heavy atom. The summed E-state index contributed by atoms with van der Waals surface area (Å²) in [4.78, 5) is 0. The molecule has 0 saturated carbocycles. The first kappa shape index (κ1) is 16.4. The average Bonchev–Trinajstić information content (AvgIpc) is 2.40. The monoisotopic (exact) mass is 287 g/mol. The summed E-state index contributed by atoms with van der Waals surface area (Å²) in [6, 6.07) is 5.30. The fourth-order valence-corrected chi connectivity index (χ4v) is 2.27. The van der Waals surface area contributed by atoms with Gasteiger partial charge >= 0.3 is 0 Å². The number of hydrogen-bond donors (Lipinski definition) is 1. The van der Waals surface area contributed by atoms with E-state index in [0.717, 1.165) is 31.4 Å². The summed E-state index contributed by atoms with van der Waals surface area (Å²) in [5.41, 5.74) is 1.06. The number of hydrogen-bond acceptors (Lipinski definition) is 2. The topological polar surface area (TPSA) is 21.3 Å². The van der Waals surface area contributed by atoms with Gasteiger partial charge in [0.1, 0.15) is 5.82 Å². The van der Waals surface area contributed by atoms with Gasteiger partial charge in [0, 0.05) is 13.2 Å². The van der Waals surface area contributed by atoms with Crippen LogP contribution in [0.5, 0.6) is 0 Å². The summed E-state index contributed by atoms with van der Waals surface area (Å²) < 4.78 is 18.4. The molecule has 0 heterocycles. The van der Waals surface area contributed by atoms with Crippen molar-refractivity contribution in [1.29, 1.82) is 0 Å². The van der Waals surface area contributed by atoms with E-state index in [-0.39, 0.29) is 16.9 Å². The summed E-state index contributed by atoms with van der Waals surface area (Å²) in [6.07, 6.45) is 3.14. The molecule has 1 aromatic rings. The van der Waals surface area contributed by atoms with Crippen molar-refractivity contribution in [2.45, 2.75) is 45.3 Å². The first-order chi connectivity index (χ1) is 9.06. The fraction of sp³-hybridized carbons (Fsp3) is 0.600. The van der Waals surface area contributed by atoms with Crippen LogP contribution >= 0.6 is 11.6 Å². The molecule has 0 aliphatic carbocycles. The van der Waals surface area contributed by atoms with E-state index in [1.165, 1.54) is 6.07 Å². The molecule has 2 unspecified atom stereocenters. The Labute approximate surface area is 120 Å². The van der Waals surface area contributed by atoms with Crippen molar-refractivity contribution < 1.29 is 9.13 Å². The lowest BCUT2D eigenvalue weighted by molar-refractivity contribution is 0.106. The molecular formula is C15H23ClFNO. The van der Waals surface area contributed by atoms with Crippen molar-refractivity contribution in [3.05, 3.63) is 34.6 Å². The second kappa shape index (κ2) is 8.51. The van der Waals surface area contributed by atoms with Gasteiger partial charge in [-0.25, -0.2) is 4.39 Å². The van der Waals surface area contributed by atoms with E-state index in [1.54, 1.807) is 19.2 Å². The third-order valence-electron chi connectivity index (χ3n) is 3.28. The number of likely N-dealkylation sites (N-methyl/N-ethyl adjacent to an activating group) is 1. The number of ether oxygens (including phenoxy) is 1. The van der Waals surface area contributed by atoms with Gasteiger partial charge in [-0.05, 0) is 50.4 Å². The third-order valence-corrected chi connectivity index (χ3v) is 3.57. The number of rotatable bonds is 8. The van der Waals surface area contributed by atoms with Gasteiger partial charge in [-0.15, -0.1) is 0 Å². The molecule has 0 saturated heterocycles. The zero-order valence-corrected chi connectivity index (χ0v) is 12.6. The highest BCUT2D eigenvalue weighted by molar-refractivity contribution is 6.30. The van der Waals surface area contributed by atoms with Gasteiger partial charge in [-0.2, -0.15) is 0 Å². The molecule has 1 N–H and O–H groups in total. The van der Waals surface area contributed by atoms with Crippen LogP contribution in [0.1, 0.15) is 32.3 Å². The molecule has 108 valence electrons. The summed E-state index contributed by atoms with van der Waals surface area (Å²) in [5.74, 6) is -0.363. The third kappa shape index (κ3) is 5.89. The normalized spacial score (nSPS) is 14.4. The summed E-state index contributed by atoms with van der Waals surface area (Å²) >= 11 is 5.81. The Morgan fingerprint density at radius 2 is 2.11 bits per heavy atom. The summed E-state index contributed by atoms with van der Waals surface area (Å²) in [5, 5.41) is 3.64. The second-order valence-corrected chi connectivity index (χ2v) is 5.24. The van der Waals surface area contributed by atoms with Gasteiger partial charge in [0.2, 0.25) is 0 Å². The van der Waals surface area contributed by atoms with Gasteiger partial charge in [0.25, 0.3) is 0 Å². The molecule has 2 nitrogen and oxygen atoms in total. The highest BCUT2D eigenvalue weighted by Gasteiger charge is 2.11. The molecule has 0 amide bonds. The molecule has 0 spiro atoms. The minimum Gasteiger partial charge on any atom is -0.382 e. The zero-order valence-electron chi connectivity index (χ0n) is 11.9. The van der Waals surface area contributed by atoms with E-state index in [4.69, 9.17) is 16.3 Å². The zero-order chi connectivity index (χ0) is 14.3. The van der Waals surface area contributed by atoms with Crippen molar-refractivity contribution in [3.63, 3.8) is 0 Å². The molecule has 0 radical (unpaired) electrons. The maximum absolute atomic E-state index is 13.1. The van der Waals surface area contributed by atoms with Gasteiger partial charge in [-0.3, -0.25) is 0 Å². The van der Waals surface area contributed by atoms with Crippen LogP contribution in [0, 0.1) is 5.82 Å². The van der Waals surface area contributed by atoms with Gasteiger partial charge in [-0.1, -0.05) is 24.6 Å². The number of methoxy groups -OCH3 is 1. The Bertz CT molecular complexity index is 386. The van der Waals surface area contributed by atoms with Crippen molar-refractivity contribution in [1.82, 2.24) is 5.32 Å². The number of nitrogens with one attached hydrogen (secondary N) is 1. The minimum atomic E-state index is -0.363. The van der Waals surface area contributed by atoms with Crippen LogP contribution in [-0.4, -0.2) is 25.8 Å². The molecule has 0 fully saturated rings. The van der Waals surface area contributed by atoms with Crippen LogP contribution in [0.4, 0.5) is 4.39 Å². The molecule has 19 heavy (non-hydrogen) atoms. The molecule has 1 rings (SSSR count). The SMILES string of the molecule is CCNC(CCC(C)OC)Cc1ccc(F)c(Cl)c1. The molecule has 2 atom stereocenters. The van der Waals surface area contributed by atoms with Crippen molar-refractivity contribution in [3.8, 4) is 0 Å². The van der Waals surface area contributed by atoms with Gasteiger partial charge < -0.3 is 10.1 Å². The second-order valence-electron chi connectivity index (χ2n) is 4.83. The predicted octanol–water partition coefficient (Wildman–Crippen LogP) is 3.81. The molecule has 0 bridgehead atoms. The first-order valence-corrected chi connectivity index (χ1v) is 7.14. The average molecular weight is 288 g/mol. The largest absolute Gasteiger partial charge is 0.382 e. The molecule has 0 aliphatic rings. The van der Waals surface area contributed by atoms with E-state index < -0.39 is 0 Å². The Hall–Kier alpha value is -0.640. The minimum absolute atomic E-state index is 0.193. The molecule has 0 aliphatic heterocycles. The predicted molar refractivity (Wildman–Crippen MR) is 78.3 cm³/mol. The maximum Gasteiger partial charge on any atom is 0.141 e. The van der Waals surface area contributed by atoms with Crippen molar-refractivity contribution in [2.24, 2.45) is 0 Å². The summed E-state index contributed by atoms with van der Waals surface area (Å²) in [6.45, 7) is 5.07. The van der Waals surface area contributed by atoms with Crippen LogP contribution in [-0.2, 0) is 11.2 Å². The van der Waals surface area contributed by atoms with Crippen molar-refractivity contribution in [2.75, 3.05) is 13.7 Å². The van der Waals surface area contributed by atoms with Crippen LogP contribution in [0.25, 0.3) is 0 Å². The van der Waals surface area contributed by atoms with Crippen LogP contribution < -0.4 is 5.32 Å². The molecule has 4 heteroatoms. The Balaban J connectivity index is 2.58. The summed E-state index contributed by atoms with van der Waals surface area (Å²) in [7, 11) is 1.73. The van der Waals surface area contributed by atoms with Gasteiger partial charge in [0.15, 0.2) is 0 Å². The van der Waals surface area contributed by atoms with Crippen LogP contribution in [0.15, 0.2) is 18.2 Å². The number of halogens is 2. The lowest BCUT2D eigenvalue weighted by atomic mass is 10.0. The Kier molecular flexibility index (Phi) is 7.36. The van der Waals surface area contributed by atoms with Crippen molar-refractivity contribution >= 4 is 11.6 Å². The van der Waals surface area contributed by atoms with E-state index >= 15 is 0 Å². The van der Waals surface area contributed by atoms with E-state index in [1.807, 2.05) is 0 Å². The van der Waals surface area contributed by atoms with Crippen LogP contribution in [0.3, 0.4) is 0 Å². The highest BCUT2D eigenvalue weighted by atomic mass is 35.5. The first-order valence-electron chi connectivity index (χ1n) is 6.76. The van der Waals surface area contributed by atoms with E-state index in [2.05, 4.69) is 19.2 Å². The van der Waals surface area contributed by atoms with Gasteiger partial charge in [0.05, 0.1) is 11.1 Å².